The van der Waals surface area contributed by atoms with Gasteiger partial charge in [0.05, 0.1) is 17.6 Å². The highest BCUT2D eigenvalue weighted by molar-refractivity contribution is 8.26. The van der Waals surface area contributed by atoms with Gasteiger partial charge in [-0.15, -0.1) is 0 Å². The molecule has 10 heteroatoms. The van der Waals surface area contributed by atoms with E-state index < -0.39 is 18.0 Å². The smallest absolute Gasteiger partial charge is 0.337 e. The number of benzene rings is 1. The van der Waals surface area contributed by atoms with Gasteiger partial charge in [-0.25, -0.2) is 9.59 Å². The summed E-state index contributed by atoms with van der Waals surface area (Å²) in [5, 5.41) is 9.22. The van der Waals surface area contributed by atoms with Gasteiger partial charge >= 0.3 is 11.9 Å². The second-order valence-corrected chi connectivity index (χ2v) is 8.46. The fraction of sp³-hybridized carbons (Fsp3) is 0.350. The molecule has 0 unspecified atom stereocenters. The summed E-state index contributed by atoms with van der Waals surface area (Å²) < 4.78 is 5.01. The van der Waals surface area contributed by atoms with Gasteiger partial charge in [0, 0.05) is 19.5 Å². The van der Waals surface area contributed by atoms with Crippen molar-refractivity contribution >= 4 is 58.1 Å². The molecule has 2 heterocycles. The van der Waals surface area contributed by atoms with Crippen LogP contribution in [0.3, 0.4) is 0 Å². The number of thioether (sulfide) groups is 1. The van der Waals surface area contributed by atoms with Crippen LogP contribution in [0.4, 0.5) is 0 Å². The minimum atomic E-state index is -1.01. The molecule has 2 amide bonds. The molecule has 1 aromatic rings. The van der Waals surface area contributed by atoms with E-state index in [4.69, 9.17) is 12.2 Å². The van der Waals surface area contributed by atoms with Crippen LogP contribution in [0, 0.1) is 0 Å². The number of hydrogen-bond donors (Lipinski definition) is 1. The Hall–Kier alpha value is -2.72. The summed E-state index contributed by atoms with van der Waals surface area (Å²) in [6.07, 6.45) is 2.78. The van der Waals surface area contributed by atoms with Gasteiger partial charge in [0.15, 0.2) is 0 Å². The zero-order valence-corrected chi connectivity index (χ0v) is 17.8. The van der Waals surface area contributed by atoms with Gasteiger partial charge in [0.2, 0.25) is 5.91 Å². The predicted octanol–water partition coefficient (Wildman–Crippen LogP) is 2.14. The Balaban J connectivity index is 1.63. The number of amides is 2. The molecule has 8 nitrogen and oxygen atoms in total. The summed E-state index contributed by atoms with van der Waals surface area (Å²) in [6.45, 7) is 0.515. The maximum Gasteiger partial charge on any atom is 0.337 e. The number of nitrogens with zero attached hydrogens (tertiary/aromatic N) is 2. The van der Waals surface area contributed by atoms with Gasteiger partial charge in [-0.1, -0.05) is 36.1 Å². The van der Waals surface area contributed by atoms with Gasteiger partial charge in [0.25, 0.3) is 5.91 Å². The first-order valence-corrected chi connectivity index (χ1v) is 10.5. The van der Waals surface area contributed by atoms with Gasteiger partial charge in [-0.05, 0) is 36.6 Å². The normalized spacial score (nSPS) is 20.2. The van der Waals surface area contributed by atoms with Crippen LogP contribution in [0.15, 0.2) is 29.2 Å². The van der Waals surface area contributed by atoms with Gasteiger partial charge < -0.3 is 14.7 Å². The second kappa shape index (κ2) is 9.40. The Labute approximate surface area is 182 Å². The van der Waals surface area contributed by atoms with Crippen molar-refractivity contribution in [3.8, 4) is 0 Å². The lowest BCUT2D eigenvalue weighted by molar-refractivity contribution is -0.148. The zero-order valence-electron chi connectivity index (χ0n) is 16.2. The first-order valence-electron chi connectivity index (χ1n) is 9.28. The summed E-state index contributed by atoms with van der Waals surface area (Å²) in [5.74, 6) is -2.05. The van der Waals surface area contributed by atoms with Crippen molar-refractivity contribution in [2.75, 3.05) is 20.2 Å². The van der Waals surface area contributed by atoms with Crippen molar-refractivity contribution in [2.45, 2.75) is 25.3 Å². The summed E-state index contributed by atoms with van der Waals surface area (Å²) in [7, 11) is 1.30. The monoisotopic (exact) mass is 448 g/mol. The van der Waals surface area contributed by atoms with Crippen molar-refractivity contribution < 1.29 is 29.0 Å². The highest BCUT2D eigenvalue weighted by atomic mass is 32.2. The number of carbonyl (C=O) groups excluding carboxylic acids is 3. The molecule has 0 bridgehead atoms. The number of hydrogen-bond acceptors (Lipinski definition) is 7. The van der Waals surface area contributed by atoms with Crippen LogP contribution in [0.5, 0.6) is 0 Å². The molecule has 0 aliphatic carbocycles. The molecule has 2 fully saturated rings. The van der Waals surface area contributed by atoms with E-state index in [-0.39, 0.29) is 24.8 Å². The first kappa shape index (κ1) is 22.0. The summed E-state index contributed by atoms with van der Waals surface area (Å²) >= 11 is 6.42. The number of ether oxygens (including phenoxy) is 1. The third kappa shape index (κ3) is 4.71. The highest BCUT2D eigenvalue weighted by Gasteiger charge is 2.36. The molecule has 0 aromatic heterocycles. The van der Waals surface area contributed by atoms with Crippen molar-refractivity contribution in [3.63, 3.8) is 0 Å². The number of rotatable bonds is 6. The van der Waals surface area contributed by atoms with Crippen LogP contribution < -0.4 is 0 Å². The number of carboxylic acid groups (broad SMARTS) is 1. The van der Waals surface area contributed by atoms with E-state index in [2.05, 4.69) is 4.74 Å². The molecular weight excluding hydrogens is 428 g/mol. The standard InChI is InChI=1S/C20H20N2O6S2/c1-28-19(27)13-6-4-12(5-7-13)11-15-17(24)22(20(29)30-15)10-8-16(23)21-9-2-3-14(21)18(25)26/h4-7,11,14H,2-3,8-10H2,1H3,(H,25,26)/b15-11-/t14-/m1/s1. The van der Waals surface area contributed by atoms with Gasteiger partial charge in [-0.3, -0.25) is 14.5 Å². The van der Waals surface area contributed by atoms with E-state index in [0.29, 0.717) is 34.2 Å². The number of likely N-dealkylation sites (tertiary alicyclic amines) is 1. The Kier molecular flexibility index (Phi) is 6.88. The number of methoxy groups -OCH3 is 1. The number of esters is 1. The molecule has 3 rings (SSSR count). The third-order valence-electron chi connectivity index (χ3n) is 4.91. The van der Waals surface area contributed by atoms with Crippen LogP contribution >= 0.6 is 24.0 Å². The Morgan fingerprint density at radius 3 is 2.63 bits per heavy atom. The van der Waals surface area contributed by atoms with Crippen LogP contribution in [0.2, 0.25) is 0 Å². The predicted molar refractivity (Wildman–Crippen MR) is 115 cm³/mol. The van der Waals surface area contributed by atoms with Crippen molar-refractivity contribution in [1.29, 1.82) is 0 Å². The van der Waals surface area contributed by atoms with E-state index in [9.17, 15) is 24.3 Å². The Morgan fingerprint density at radius 1 is 1.30 bits per heavy atom. The first-order chi connectivity index (χ1) is 14.3. The maximum atomic E-state index is 12.7. The Morgan fingerprint density at radius 2 is 2.00 bits per heavy atom. The number of thiocarbonyl (C=S) groups is 1. The van der Waals surface area contributed by atoms with Crippen LogP contribution in [-0.2, 0) is 19.1 Å². The van der Waals surface area contributed by atoms with Crippen molar-refractivity contribution in [1.82, 2.24) is 9.80 Å². The third-order valence-corrected chi connectivity index (χ3v) is 6.29. The molecule has 0 radical (unpaired) electrons. The molecule has 2 aliphatic rings. The molecule has 0 spiro atoms. The van der Waals surface area contributed by atoms with E-state index >= 15 is 0 Å². The quantitative estimate of drug-likeness (QED) is 0.401. The number of carbonyl (C=O) groups is 4. The van der Waals surface area contributed by atoms with Crippen LogP contribution in [0.25, 0.3) is 6.08 Å². The molecule has 1 aromatic carbocycles. The van der Waals surface area contributed by atoms with E-state index in [1.165, 1.54) is 16.9 Å². The molecule has 2 saturated heterocycles. The van der Waals surface area contributed by atoms with Gasteiger partial charge in [-0.2, -0.15) is 0 Å². The number of carboxylic acids is 1. The summed E-state index contributed by atoms with van der Waals surface area (Å²) in [4.78, 5) is 51.0. The van der Waals surface area contributed by atoms with Crippen molar-refractivity contribution in [3.05, 3.63) is 40.3 Å². The fourth-order valence-electron chi connectivity index (χ4n) is 3.35. The summed E-state index contributed by atoms with van der Waals surface area (Å²) in [6, 6.07) is 5.80. The second-order valence-electron chi connectivity index (χ2n) is 6.78. The molecule has 1 N–H and O–H groups in total. The topological polar surface area (TPSA) is 104 Å². The zero-order chi connectivity index (χ0) is 21.8. The molecule has 1 atom stereocenters. The number of aliphatic carboxylic acids is 1. The molecule has 2 aliphatic heterocycles. The minimum absolute atomic E-state index is 0.0112. The molecule has 0 saturated carbocycles. The lowest BCUT2D eigenvalue weighted by Crippen LogP contribution is -2.42. The average Bonchev–Trinajstić information content (AvgIpc) is 3.32. The average molecular weight is 449 g/mol. The largest absolute Gasteiger partial charge is 0.480 e. The van der Waals surface area contributed by atoms with Crippen LogP contribution in [-0.4, -0.2) is 69.2 Å². The molecule has 30 heavy (non-hydrogen) atoms. The fourth-order valence-corrected chi connectivity index (χ4v) is 4.66. The van der Waals surface area contributed by atoms with Crippen LogP contribution in [0.1, 0.15) is 35.2 Å². The van der Waals surface area contributed by atoms with E-state index in [0.717, 1.165) is 17.3 Å². The molecule has 158 valence electrons. The lowest BCUT2D eigenvalue weighted by Gasteiger charge is -2.22. The maximum absolute atomic E-state index is 12.7. The van der Waals surface area contributed by atoms with E-state index in [1.807, 2.05) is 0 Å². The van der Waals surface area contributed by atoms with Gasteiger partial charge in [0.1, 0.15) is 10.4 Å². The lowest BCUT2D eigenvalue weighted by atomic mass is 10.1. The minimum Gasteiger partial charge on any atom is -0.480 e. The highest BCUT2D eigenvalue weighted by Crippen LogP contribution is 2.33. The Bertz CT molecular complexity index is 928. The summed E-state index contributed by atoms with van der Waals surface area (Å²) in [5.41, 5.74) is 1.13. The SMILES string of the molecule is COC(=O)c1ccc(/C=C2\SC(=S)N(CCC(=O)N3CCC[C@@H]3C(=O)O)C2=O)cc1. The van der Waals surface area contributed by atoms with E-state index in [1.54, 1.807) is 30.3 Å². The van der Waals surface area contributed by atoms with Crippen molar-refractivity contribution in [2.24, 2.45) is 0 Å². The molecular formula is C20H20N2O6S2.